The van der Waals surface area contributed by atoms with Gasteiger partial charge in [0.2, 0.25) is 0 Å². The number of rotatable bonds is 10. The number of ether oxygens (including phenoxy) is 1. The lowest BCUT2D eigenvalue weighted by Crippen LogP contribution is -2.28. The number of hydrogen-bond acceptors (Lipinski definition) is 6. The van der Waals surface area contributed by atoms with Crippen LogP contribution in [0.25, 0.3) is 28.2 Å². The lowest BCUT2D eigenvalue weighted by atomic mass is 9.96. The molecule has 0 amide bonds. The third-order valence-corrected chi connectivity index (χ3v) is 6.63. The molecule has 0 atom stereocenters. The first-order chi connectivity index (χ1) is 19.5. The van der Waals surface area contributed by atoms with E-state index in [0.717, 1.165) is 34.4 Å². The van der Waals surface area contributed by atoms with E-state index in [9.17, 15) is 14.0 Å². The van der Waals surface area contributed by atoms with Crippen molar-refractivity contribution in [1.29, 1.82) is 0 Å². The standard InChI is InChI=1S/C31H29FN4O4/c1-3-6-28-27(30(37)36(20(2)33-28)23-13-15-24(16-14-23)39-18-17-32)19-21-9-11-22(12-10-21)25-7-4-5-8-26(25)29-34-31(38)40-35-29/h4-5,7-16H,3,6,17-19H2,1-2H3,(H,34,35,38). The van der Waals surface area contributed by atoms with E-state index in [0.29, 0.717) is 41.5 Å². The smallest absolute Gasteiger partial charge is 0.439 e. The molecular formula is C31H29FN4O4. The van der Waals surface area contributed by atoms with Crippen molar-refractivity contribution >= 4 is 0 Å². The maximum atomic E-state index is 13.8. The summed E-state index contributed by atoms with van der Waals surface area (Å²) in [7, 11) is 0. The van der Waals surface area contributed by atoms with Gasteiger partial charge in [0.1, 0.15) is 24.9 Å². The van der Waals surface area contributed by atoms with Crippen molar-refractivity contribution in [2.24, 2.45) is 0 Å². The van der Waals surface area contributed by atoms with Gasteiger partial charge in [0.05, 0.1) is 11.4 Å². The molecule has 0 radical (unpaired) electrons. The fraction of sp³-hybridized carbons (Fsp3) is 0.226. The molecule has 5 rings (SSSR count). The van der Waals surface area contributed by atoms with Gasteiger partial charge in [0.15, 0.2) is 5.82 Å². The molecule has 0 aliphatic heterocycles. The lowest BCUT2D eigenvalue weighted by Gasteiger charge is -2.16. The van der Waals surface area contributed by atoms with Crippen molar-refractivity contribution in [2.75, 3.05) is 13.3 Å². The fourth-order valence-corrected chi connectivity index (χ4v) is 4.78. The molecule has 5 aromatic rings. The van der Waals surface area contributed by atoms with E-state index in [2.05, 4.69) is 17.1 Å². The molecule has 8 nitrogen and oxygen atoms in total. The molecule has 0 saturated heterocycles. The highest BCUT2D eigenvalue weighted by Gasteiger charge is 2.17. The van der Waals surface area contributed by atoms with E-state index in [1.54, 1.807) is 28.8 Å². The van der Waals surface area contributed by atoms with E-state index in [1.165, 1.54) is 0 Å². The molecule has 0 spiro atoms. The normalized spacial score (nSPS) is 11.1. The number of aryl methyl sites for hydroxylation is 2. The molecule has 0 aliphatic rings. The Kier molecular flexibility index (Phi) is 8.00. The van der Waals surface area contributed by atoms with Crippen molar-refractivity contribution in [1.82, 2.24) is 19.7 Å². The summed E-state index contributed by atoms with van der Waals surface area (Å²) in [5.74, 6) is 0.899. The second-order valence-corrected chi connectivity index (χ2v) is 9.37. The average molecular weight is 541 g/mol. The molecule has 0 saturated carbocycles. The summed E-state index contributed by atoms with van der Waals surface area (Å²) in [6.07, 6.45) is 1.99. The zero-order chi connectivity index (χ0) is 28.1. The minimum absolute atomic E-state index is 0.0140. The van der Waals surface area contributed by atoms with Crippen LogP contribution >= 0.6 is 0 Å². The van der Waals surface area contributed by atoms with Crippen LogP contribution < -0.4 is 16.1 Å². The van der Waals surface area contributed by atoms with E-state index in [4.69, 9.17) is 14.2 Å². The van der Waals surface area contributed by atoms with Crippen LogP contribution in [0.15, 0.2) is 86.9 Å². The lowest BCUT2D eigenvalue weighted by molar-refractivity contribution is 0.273. The summed E-state index contributed by atoms with van der Waals surface area (Å²) in [4.78, 5) is 32.7. The molecule has 0 aliphatic carbocycles. The predicted octanol–water partition coefficient (Wildman–Crippen LogP) is 5.44. The highest BCUT2D eigenvalue weighted by atomic mass is 19.1. The molecule has 0 unspecified atom stereocenters. The second-order valence-electron chi connectivity index (χ2n) is 9.37. The van der Waals surface area contributed by atoms with Gasteiger partial charge in [-0.2, -0.15) is 0 Å². The van der Waals surface area contributed by atoms with Crippen molar-refractivity contribution in [2.45, 2.75) is 33.1 Å². The number of nitrogens with zero attached hydrogens (tertiary/aromatic N) is 3. The van der Waals surface area contributed by atoms with Gasteiger partial charge in [-0.3, -0.25) is 18.9 Å². The number of benzene rings is 3. The first-order valence-corrected chi connectivity index (χ1v) is 13.1. The Morgan fingerprint density at radius 1 is 0.975 bits per heavy atom. The van der Waals surface area contributed by atoms with Gasteiger partial charge in [-0.25, -0.2) is 14.2 Å². The Morgan fingerprint density at radius 3 is 2.35 bits per heavy atom. The Hall–Kier alpha value is -4.79. The summed E-state index contributed by atoms with van der Waals surface area (Å²) in [5.41, 5.74) is 5.56. The monoisotopic (exact) mass is 540 g/mol. The Labute approximate surface area is 230 Å². The third-order valence-electron chi connectivity index (χ3n) is 6.63. The Bertz CT molecular complexity index is 1720. The zero-order valence-electron chi connectivity index (χ0n) is 22.3. The summed E-state index contributed by atoms with van der Waals surface area (Å²) in [5, 5.41) is 3.83. The van der Waals surface area contributed by atoms with Gasteiger partial charge < -0.3 is 4.74 Å². The number of H-pyrrole nitrogens is 1. The van der Waals surface area contributed by atoms with Crippen LogP contribution in [-0.4, -0.2) is 33.0 Å². The molecule has 204 valence electrons. The molecule has 2 heterocycles. The van der Waals surface area contributed by atoms with Gasteiger partial charge in [0, 0.05) is 17.5 Å². The highest BCUT2D eigenvalue weighted by Crippen LogP contribution is 2.30. The van der Waals surface area contributed by atoms with Crippen LogP contribution in [0.1, 0.15) is 36.0 Å². The number of alkyl halides is 1. The molecular weight excluding hydrogens is 511 g/mol. The molecule has 40 heavy (non-hydrogen) atoms. The van der Waals surface area contributed by atoms with Gasteiger partial charge in [0.25, 0.3) is 5.56 Å². The van der Waals surface area contributed by atoms with Crippen molar-refractivity contribution in [3.63, 3.8) is 0 Å². The third kappa shape index (κ3) is 5.63. The van der Waals surface area contributed by atoms with E-state index in [-0.39, 0.29) is 12.2 Å². The number of aromatic nitrogens is 4. The van der Waals surface area contributed by atoms with Crippen LogP contribution in [0.5, 0.6) is 5.75 Å². The predicted molar refractivity (Wildman–Crippen MR) is 151 cm³/mol. The van der Waals surface area contributed by atoms with Crippen LogP contribution in [0, 0.1) is 6.92 Å². The van der Waals surface area contributed by atoms with Crippen LogP contribution in [0.2, 0.25) is 0 Å². The van der Waals surface area contributed by atoms with Crippen LogP contribution in [0.4, 0.5) is 4.39 Å². The van der Waals surface area contributed by atoms with E-state index >= 15 is 0 Å². The first-order valence-electron chi connectivity index (χ1n) is 13.1. The van der Waals surface area contributed by atoms with Crippen LogP contribution in [-0.2, 0) is 12.8 Å². The number of aromatic amines is 1. The fourth-order valence-electron chi connectivity index (χ4n) is 4.78. The van der Waals surface area contributed by atoms with Crippen molar-refractivity contribution in [3.05, 3.63) is 116 Å². The minimum atomic E-state index is -0.610. The number of hydrogen-bond donors (Lipinski definition) is 1. The maximum absolute atomic E-state index is 13.8. The SMILES string of the molecule is CCCc1nc(C)n(-c2ccc(OCCF)cc2)c(=O)c1Cc1ccc(-c2ccccc2-c2noc(=O)[nH]2)cc1. The minimum Gasteiger partial charge on any atom is -0.491 e. The maximum Gasteiger partial charge on any atom is 0.439 e. The average Bonchev–Trinajstić information content (AvgIpc) is 3.41. The largest absolute Gasteiger partial charge is 0.491 e. The summed E-state index contributed by atoms with van der Waals surface area (Å²) >= 11 is 0. The highest BCUT2D eigenvalue weighted by molar-refractivity contribution is 5.80. The summed E-state index contributed by atoms with van der Waals surface area (Å²) < 4.78 is 24.1. The molecule has 3 aromatic carbocycles. The van der Waals surface area contributed by atoms with Crippen LogP contribution in [0.3, 0.4) is 0 Å². The van der Waals surface area contributed by atoms with Gasteiger partial charge in [-0.05, 0) is 54.3 Å². The molecule has 0 fully saturated rings. The van der Waals surface area contributed by atoms with Crippen molar-refractivity contribution in [3.8, 4) is 34.0 Å². The quantitative estimate of drug-likeness (QED) is 0.253. The van der Waals surface area contributed by atoms with Crippen molar-refractivity contribution < 1.29 is 13.7 Å². The van der Waals surface area contributed by atoms with Gasteiger partial charge in [-0.1, -0.05) is 67.0 Å². The Morgan fingerprint density at radius 2 is 1.70 bits per heavy atom. The molecule has 0 bridgehead atoms. The summed E-state index contributed by atoms with van der Waals surface area (Å²) in [6, 6.07) is 22.6. The van der Waals surface area contributed by atoms with Gasteiger partial charge in [-0.15, -0.1) is 0 Å². The molecule has 1 N–H and O–H groups in total. The Balaban J connectivity index is 1.48. The number of nitrogens with one attached hydrogen (secondary N) is 1. The number of halogens is 1. The second kappa shape index (κ2) is 11.9. The van der Waals surface area contributed by atoms with E-state index in [1.807, 2.05) is 55.5 Å². The van der Waals surface area contributed by atoms with Gasteiger partial charge >= 0.3 is 5.76 Å². The molecule has 2 aromatic heterocycles. The zero-order valence-corrected chi connectivity index (χ0v) is 22.3. The topological polar surface area (TPSA) is 103 Å². The summed E-state index contributed by atoms with van der Waals surface area (Å²) in [6.45, 7) is 3.31. The van der Waals surface area contributed by atoms with E-state index < -0.39 is 12.4 Å². The first kappa shape index (κ1) is 26.8. The molecule has 9 heteroatoms.